The molecule has 2 aromatic carbocycles. The van der Waals surface area contributed by atoms with Crippen LogP contribution in [0.3, 0.4) is 0 Å². The average Bonchev–Trinajstić information content (AvgIpc) is 2.50. The zero-order chi connectivity index (χ0) is 16.1. The van der Waals surface area contributed by atoms with E-state index in [1.807, 2.05) is 6.07 Å². The fraction of sp³-hybridized carbons (Fsp3) is 0.400. The Morgan fingerprint density at radius 3 is 2.41 bits per heavy atom. The molecule has 2 rings (SSSR count). The van der Waals surface area contributed by atoms with Crippen molar-refractivity contribution in [3.8, 4) is 11.5 Å². The third-order valence-corrected chi connectivity index (χ3v) is 4.24. The van der Waals surface area contributed by atoms with Crippen LogP contribution in [0.1, 0.15) is 54.4 Å². The second-order valence-electron chi connectivity index (χ2n) is 5.98. The van der Waals surface area contributed by atoms with Crippen molar-refractivity contribution in [2.24, 2.45) is 0 Å². The van der Waals surface area contributed by atoms with Gasteiger partial charge < -0.3 is 9.84 Å². The average molecular weight is 298 g/mol. The molecule has 22 heavy (non-hydrogen) atoms. The van der Waals surface area contributed by atoms with Gasteiger partial charge in [-0.1, -0.05) is 49.6 Å². The lowest BCUT2D eigenvalue weighted by atomic mass is 9.84. The SMILES string of the molecule is CCCCC(c1ccc(C)cc1C)c1ccc(O)cc1OC. The lowest BCUT2D eigenvalue weighted by molar-refractivity contribution is 0.399. The Labute approximate surface area is 133 Å². The molecule has 1 unspecified atom stereocenters. The molecule has 0 fully saturated rings. The van der Waals surface area contributed by atoms with Gasteiger partial charge in [0.1, 0.15) is 11.5 Å². The van der Waals surface area contributed by atoms with Crippen LogP contribution in [0.15, 0.2) is 36.4 Å². The highest BCUT2D eigenvalue weighted by Gasteiger charge is 2.20. The Morgan fingerprint density at radius 1 is 1.05 bits per heavy atom. The van der Waals surface area contributed by atoms with E-state index >= 15 is 0 Å². The molecule has 2 heteroatoms. The maximum Gasteiger partial charge on any atom is 0.126 e. The standard InChI is InChI=1S/C20H26O2/c1-5-6-7-18(17-10-8-14(2)12-15(17)3)19-11-9-16(21)13-20(19)22-4/h8-13,18,21H,5-7H2,1-4H3. The minimum Gasteiger partial charge on any atom is -0.508 e. The number of hydrogen-bond donors (Lipinski definition) is 1. The molecule has 1 atom stereocenters. The van der Waals surface area contributed by atoms with E-state index < -0.39 is 0 Å². The van der Waals surface area contributed by atoms with Crippen molar-refractivity contribution in [1.29, 1.82) is 0 Å². The topological polar surface area (TPSA) is 29.5 Å². The van der Waals surface area contributed by atoms with E-state index in [9.17, 15) is 5.11 Å². The van der Waals surface area contributed by atoms with Gasteiger partial charge in [-0.3, -0.25) is 0 Å². The third kappa shape index (κ3) is 3.62. The molecule has 0 amide bonds. The number of aryl methyl sites for hydroxylation is 2. The largest absolute Gasteiger partial charge is 0.508 e. The first-order valence-electron chi connectivity index (χ1n) is 8.00. The van der Waals surface area contributed by atoms with E-state index in [4.69, 9.17) is 4.74 Å². The number of methoxy groups -OCH3 is 1. The van der Waals surface area contributed by atoms with Crippen molar-refractivity contribution >= 4 is 0 Å². The Hall–Kier alpha value is -1.96. The maximum atomic E-state index is 9.71. The Kier molecular flexibility index (Phi) is 5.48. The number of hydrogen-bond acceptors (Lipinski definition) is 2. The van der Waals surface area contributed by atoms with Gasteiger partial charge in [0.05, 0.1) is 7.11 Å². The van der Waals surface area contributed by atoms with Crippen LogP contribution in [0.25, 0.3) is 0 Å². The summed E-state index contributed by atoms with van der Waals surface area (Å²) >= 11 is 0. The summed E-state index contributed by atoms with van der Waals surface area (Å²) in [6, 6.07) is 12.1. The molecular formula is C20H26O2. The van der Waals surface area contributed by atoms with Gasteiger partial charge in [0.2, 0.25) is 0 Å². The second-order valence-corrected chi connectivity index (χ2v) is 5.98. The van der Waals surface area contributed by atoms with Gasteiger partial charge in [-0.2, -0.15) is 0 Å². The first kappa shape index (κ1) is 16.4. The van der Waals surface area contributed by atoms with Gasteiger partial charge in [-0.15, -0.1) is 0 Å². The normalized spacial score (nSPS) is 12.2. The molecule has 118 valence electrons. The summed E-state index contributed by atoms with van der Waals surface area (Å²) in [4.78, 5) is 0. The fourth-order valence-electron chi connectivity index (χ4n) is 3.09. The predicted molar refractivity (Wildman–Crippen MR) is 91.9 cm³/mol. The molecule has 0 bridgehead atoms. The number of unbranched alkanes of at least 4 members (excludes halogenated alkanes) is 1. The lowest BCUT2D eigenvalue weighted by Crippen LogP contribution is -2.06. The van der Waals surface area contributed by atoms with Gasteiger partial charge in [0, 0.05) is 17.5 Å². The van der Waals surface area contributed by atoms with E-state index in [1.54, 1.807) is 19.2 Å². The van der Waals surface area contributed by atoms with E-state index in [-0.39, 0.29) is 5.75 Å². The van der Waals surface area contributed by atoms with Crippen LogP contribution in [-0.2, 0) is 0 Å². The van der Waals surface area contributed by atoms with Crippen LogP contribution in [0.4, 0.5) is 0 Å². The molecule has 0 aliphatic heterocycles. The van der Waals surface area contributed by atoms with Crippen LogP contribution in [0.5, 0.6) is 11.5 Å². The van der Waals surface area contributed by atoms with E-state index in [2.05, 4.69) is 39.0 Å². The number of rotatable bonds is 6. The summed E-state index contributed by atoms with van der Waals surface area (Å²) < 4.78 is 5.51. The monoisotopic (exact) mass is 298 g/mol. The van der Waals surface area contributed by atoms with Crippen molar-refractivity contribution in [2.45, 2.75) is 46.0 Å². The molecule has 0 aliphatic carbocycles. The predicted octanol–water partition coefficient (Wildman–Crippen LogP) is 5.34. The molecule has 0 radical (unpaired) electrons. The van der Waals surface area contributed by atoms with E-state index in [0.717, 1.165) is 17.7 Å². The summed E-state index contributed by atoms with van der Waals surface area (Å²) in [5, 5.41) is 9.71. The van der Waals surface area contributed by atoms with Crippen molar-refractivity contribution in [1.82, 2.24) is 0 Å². The highest BCUT2D eigenvalue weighted by molar-refractivity contribution is 5.48. The molecule has 2 nitrogen and oxygen atoms in total. The molecule has 2 aromatic rings. The summed E-state index contributed by atoms with van der Waals surface area (Å²) in [6.07, 6.45) is 3.42. The third-order valence-electron chi connectivity index (χ3n) is 4.24. The quantitative estimate of drug-likeness (QED) is 0.780. The van der Waals surface area contributed by atoms with Gasteiger partial charge in [-0.25, -0.2) is 0 Å². The van der Waals surface area contributed by atoms with Crippen molar-refractivity contribution in [3.05, 3.63) is 58.7 Å². The van der Waals surface area contributed by atoms with Gasteiger partial charge in [0.15, 0.2) is 0 Å². The smallest absolute Gasteiger partial charge is 0.126 e. The molecule has 0 aromatic heterocycles. The molecule has 0 aliphatic rings. The van der Waals surface area contributed by atoms with Crippen molar-refractivity contribution in [2.75, 3.05) is 7.11 Å². The number of phenols is 1. The second kappa shape index (κ2) is 7.35. The van der Waals surface area contributed by atoms with Crippen molar-refractivity contribution in [3.63, 3.8) is 0 Å². The summed E-state index contributed by atoms with van der Waals surface area (Å²) in [5.41, 5.74) is 5.10. The zero-order valence-corrected chi connectivity index (χ0v) is 14.0. The molecular weight excluding hydrogens is 272 g/mol. The summed E-state index contributed by atoms with van der Waals surface area (Å²) in [5.74, 6) is 1.31. The zero-order valence-electron chi connectivity index (χ0n) is 14.0. The number of benzene rings is 2. The fourth-order valence-corrected chi connectivity index (χ4v) is 3.09. The highest BCUT2D eigenvalue weighted by atomic mass is 16.5. The molecule has 0 saturated carbocycles. The van der Waals surface area contributed by atoms with Crippen LogP contribution in [0, 0.1) is 13.8 Å². The van der Waals surface area contributed by atoms with E-state index in [1.165, 1.54) is 29.5 Å². The Balaban J connectivity index is 2.50. The van der Waals surface area contributed by atoms with Gasteiger partial charge in [0.25, 0.3) is 0 Å². The van der Waals surface area contributed by atoms with Gasteiger partial charge in [-0.05, 0) is 37.5 Å². The minimum absolute atomic E-state index is 0.246. The lowest BCUT2D eigenvalue weighted by Gasteiger charge is -2.22. The van der Waals surface area contributed by atoms with Crippen LogP contribution >= 0.6 is 0 Å². The van der Waals surface area contributed by atoms with Crippen LogP contribution in [-0.4, -0.2) is 12.2 Å². The van der Waals surface area contributed by atoms with Crippen LogP contribution < -0.4 is 4.74 Å². The maximum absolute atomic E-state index is 9.71. The van der Waals surface area contributed by atoms with Gasteiger partial charge >= 0.3 is 0 Å². The van der Waals surface area contributed by atoms with E-state index in [0.29, 0.717) is 5.92 Å². The van der Waals surface area contributed by atoms with Crippen molar-refractivity contribution < 1.29 is 9.84 Å². The molecule has 0 saturated heterocycles. The number of aromatic hydroxyl groups is 1. The highest BCUT2D eigenvalue weighted by Crippen LogP contribution is 2.38. The molecule has 0 heterocycles. The first-order chi connectivity index (χ1) is 10.6. The number of ether oxygens (including phenoxy) is 1. The van der Waals surface area contributed by atoms with Crippen LogP contribution in [0.2, 0.25) is 0 Å². The molecule has 1 N–H and O–H groups in total. The molecule has 0 spiro atoms. The minimum atomic E-state index is 0.246. The Bertz CT molecular complexity index is 632. The number of phenolic OH excluding ortho intramolecular Hbond substituents is 1. The Morgan fingerprint density at radius 2 is 1.77 bits per heavy atom. The summed E-state index contributed by atoms with van der Waals surface area (Å²) in [6.45, 7) is 6.51. The first-order valence-corrected chi connectivity index (χ1v) is 8.00. The summed E-state index contributed by atoms with van der Waals surface area (Å²) in [7, 11) is 1.66.